The molecule has 20 heavy (non-hydrogen) atoms. The number of rotatable bonds is 6. The monoisotopic (exact) mass is 298 g/mol. The first-order chi connectivity index (χ1) is 9.29. The van der Waals surface area contributed by atoms with E-state index in [-0.39, 0.29) is 23.1 Å². The molecule has 5 nitrogen and oxygen atoms in total. The number of nitrogens with two attached hydrogens (primary N) is 1. The third-order valence-corrected chi connectivity index (χ3v) is 5.38. The zero-order chi connectivity index (χ0) is 15.4. The second kappa shape index (κ2) is 6.37. The molecule has 1 aromatic rings. The van der Waals surface area contributed by atoms with E-state index in [1.54, 1.807) is 26.0 Å². The number of hydrogen-bond donors (Lipinski definition) is 2. The summed E-state index contributed by atoms with van der Waals surface area (Å²) in [5, 5.41) is 2.77. The molecule has 0 bridgehead atoms. The molecule has 0 aliphatic heterocycles. The third-order valence-electron chi connectivity index (χ3n) is 3.63. The number of sulfone groups is 1. The molecule has 0 heterocycles. The lowest BCUT2D eigenvalue weighted by molar-refractivity contribution is -0.124. The molecular weight excluding hydrogens is 276 g/mol. The number of benzene rings is 1. The van der Waals surface area contributed by atoms with Gasteiger partial charge in [-0.3, -0.25) is 4.79 Å². The summed E-state index contributed by atoms with van der Waals surface area (Å²) in [7, 11) is -3.21. The van der Waals surface area contributed by atoms with Crippen LogP contribution < -0.4 is 11.1 Å². The maximum absolute atomic E-state index is 12.1. The Labute approximate surface area is 120 Å². The van der Waals surface area contributed by atoms with Gasteiger partial charge in [0.2, 0.25) is 5.91 Å². The van der Waals surface area contributed by atoms with E-state index in [0.29, 0.717) is 12.1 Å². The first-order valence-corrected chi connectivity index (χ1v) is 8.28. The molecule has 1 rings (SSSR count). The van der Waals surface area contributed by atoms with Crippen molar-refractivity contribution in [3.05, 3.63) is 24.3 Å². The van der Waals surface area contributed by atoms with Gasteiger partial charge in [-0.2, -0.15) is 0 Å². The molecule has 1 aromatic carbocycles. The lowest BCUT2D eigenvalue weighted by atomic mass is 9.86. The summed E-state index contributed by atoms with van der Waals surface area (Å²) >= 11 is 0. The Hall–Kier alpha value is -1.40. The fourth-order valence-corrected chi connectivity index (χ4v) is 2.48. The largest absolute Gasteiger partial charge is 0.329 e. The highest BCUT2D eigenvalue weighted by molar-refractivity contribution is 7.91. The van der Waals surface area contributed by atoms with Gasteiger partial charge in [-0.1, -0.05) is 13.8 Å². The minimum Gasteiger partial charge on any atom is -0.329 e. The Morgan fingerprint density at radius 2 is 1.80 bits per heavy atom. The molecule has 1 amide bonds. The topological polar surface area (TPSA) is 89.3 Å². The first-order valence-electron chi connectivity index (χ1n) is 6.63. The van der Waals surface area contributed by atoms with E-state index < -0.39 is 15.3 Å². The van der Waals surface area contributed by atoms with Crippen LogP contribution in [0.5, 0.6) is 0 Å². The molecule has 0 saturated carbocycles. The molecule has 112 valence electrons. The summed E-state index contributed by atoms with van der Waals surface area (Å²) in [6, 6.07) is 6.18. The van der Waals surface area contributed by atoms with Crippen LogP contribution in [0.1, 0.15) is 27.2 Å². The Morgan fingerprint density at radius 3 is 2.20 bits per heavy atom. The zero-order valence-corrected chi connectivity index (χ0v) is 13.0. The minimum absolute atomic E-state index is 0.0553. The number of hydrogen-bond acceptors (Lipinski definition) is 4. The van der Waals surface area contributed by atoms with Crippen LogP contribution in [0.25, 0.3) is 0 Å². The second-order valence-electron chi connectivity index (χ2n) is 5.00. The van der Waals surface area contributed by atoms with Gasteiger partial charge in [-0.25, -0.2) is 8.42 Å². The summed E-state index contributed by atoms with van der Waals surface area (Å²) in [5.74, 6) is -0.103. The average molecular weight is 298 g/mol. The maximum Gasteiger partial charge on any atom is 0.231 e. The predicted octanol–water partition coefficient (Wildman–Crippen LogP) is 1.79. The van der Waals surface area contributed by atoms with Crippen LogP contribution in [0.2, 0.25) is 0 Å². The number of carbonyl (C=O) groups is 1. The van der Waals surface area contributed by atoms with Gasteiger partial charge >= 0.3 is 0 Å². The van der Waals surface area contributed by atoms with Gasteiger partial charge in [-0.15, -0.1) is 0 Å². The second-order valence-corrected chi connectivity index (χ2v) is 7.28. The van der Waals surface area contributed by atoms with Crippen molar-refractivity contribution >= 4 is 21.4 Å². The van der Waals surface area contributed by atoms with Crippen molar-refractivity contribution in [1.29, 1.82) is 0 Å². The van der Waals surface area contributed by atoms with E-state index in [4.69, 9.17) is 5.73 Å². The highest BCUT2D eigenvalue weighted by Gasteiger charge is 2.29. The zero-order valence-electron chi connectivity index (χ0n) is 12.1. The smallest absolute Gasteiger partial charge is 0.231 e. The molecule has 0 radical (unpaired) electrons. The lowest BCUT2D eigenvalue weighted by Gasteiger charge is -2.24. The molecular formula is C14H22N2O3S. The molecule has 0 aromatic heterocycles. The summed E-state index contributed by atoms with van der Waals surface area (Å²) in [6.07, 6.45) is 0.637. The van der Waals surface area contributed by atoms with Crippen molar-refractivity contribution in [2.24, 2.45) is 11.1 Å². The van der Waals surface area contributed by atoms with Crippen molar-refractivity contribution in [3.63, 3.8) is 0 Å². The Morgan fingerprint density at radius 1 is 1.25 bits per heavy atom. The predicted molar refractivity (Wildman–Crippen MR) is 80.3 cm³/mol. The van der Waals surface area contributed by atoms with Gasteiger partial charge in [0.15, 0.2) is 9.84 Å². The molecule has 0 spiro atoms. The minimum atomic E-state index is -3.21. The van der Waals surface area contributed by atoms with Gasteiger partial charge in [0, 0.05) is 12.2 Å². The summed E-state index contributed by atoms with van der Waals surface area (Å²) in [4.78, 5) is 12.4. The average Bonchev–Trinajstić information content (AvgIpc) is 2.46. The van der Waals surface area contributed by atoms with Gasteiger partial charge in [0.1, 0.15) is 0 Å². The van der Waals surface area contributed by atoms with Gasteiger partial charge in [0.05, 0.1) is 16.1 Å². The lowest BCUT2D eigenvalue weighted by Crippen LogP contribution is -2.39. The Bertz CT molecular complexity index is 561. The van der Waals surface area contributed by atoms with Crippen LogP contribution in [-0.2, 0) is 14.6 Å². The highest BCUT2D eigenvalue weighted by atomic mass is 32.2. The van der Waals surface area contributed by atoms with Crippen LogP contribution in [0.4, 0.5) is 5.69 Å². The van der Waals surface area contributed by atoms with Crippen molar-refractivity contribution in [2.75, 3.05) is 17.6 Å². The van der Waals surface area contributed by atoms with Crippen LogP contribution in [0.3, 0.4) is 0 Å². The Kier molecular flexibility index (Phi) is 5.30. The molecule has 0 aliphatic carbocycles. The summed E-state index contributed by atoms with van der Waals surface area (Å²) in [6.45, 7) is 5.57. The van der Waals surface area contributed by atoms with Crippen molar-refractivity contribution < 1.29 is 13.2 Å². The number of carbonyl (C=O) groups excluding carboxylic acids is 1. The van der Waals surface area contributed by atoms with Crippen LogP contribution in [-0.4, -0.2) is 26.6 Å². The van der Waals surface area contributed by atoms with Crippen LogP contribution in [0, 0.1) is 5.41 Å². The Balaban J connectivity index is 2.89. The van der Waals surface area contributed by atoms with E-state index in [2.05, 4.69) is 5.32 Å². The van der Waals surface area contributed by atoms with Crippen molar-refractivity contribution in [2.45, 2.75) is 32.1 Å². The first kappa shape index (κ1) is 16.7. The molecule has 1 atom stereocenters. The third kappa shape index (κ3) is 3.58. The van der Waals surface area contributed by atoms with Crippen LogP contribution >= 0.6 is 0 Å². The van der Waals surface area contributed by atoms with E-state index >= 15 is 0 Å². The molecule has 0 aliphatic rings. The fraction of sp³-hybridized carbons (Fsp3) is 0.500. The van der Waals surface area contributed by atoms with E-state index in [1.165, 1.54) is 12.1 Å². The molecule has 0 fully saturated rings. The fourth-order valence-electron chi connectivity index (χ4n) is 1.59. The molecule has 1 unspecified atom stereocenters. The van der Waals surface area contributed by atoms with Crippen LogP contribution in [0.15, 0.2) is 29.2 Å². The van der Waals surface area contributed by atoms with Crippen molar-refractivity contribution in [1.82, 2.24) is 0 Å². The molecule has 6 heteroatoms. The van der Waals surface area contributed by atoms with E-state index in [9.17, 15) is 13.2 Å². The highest BCUT2D eigenvalue weighted by Crippen LogP contribution is 2.22. The van der Waals surface area contributed by atoms with Gasteiger partial charge in [0.25, 0.3) is 0 Å². The van der Waals surface area contributed by atoms with Gasteiger partial charge < -0.3 is 11.1 Å². The number of amides is 1. The van der Waals surface area contributed by atoms with Crippen molar-refractivity contribution in [3.8, 4) is 0 Å². The number of anilines is 1. The quantitative estimate of drug-likeness (QED) is 0.838. The van der Waals surface area contributed by atoms with E-state index in [1.807, 2.05) is 6.92 Å². The summed E-state index contributed by atoms with van der Waals surface area (Å²) < 4.78 is 23.4. The SMILES string of the molecule is CCC(C)(CN)C(=O)Nc1ccc(S(=O)(=O)CC)cc1. The normalized spacial score (nSPS) is 14.6. The van der Waals surface area contributed by atoms with E-state index in [0.717, 1.165) is 0 Å². The molecule has 3 N–H and O–H groups in total. The maximum atomic E-state index is 12.1. The van der Waals surface area contributed by atoms with Gasteiger partial charge in [-0.05, 0) is 37.6 Å². The standard InChI is InChI=1S/C14H22N2O3S/c1-4-14(3,10-15)13(17)16-11-6-8-12(9-7-11)20(18,19)5-2/h6-9H,4-5,10,15H2,1-3H3,(H,16,17). The molecule has 0 saturated heterocycles. The number of nitrogens with one attached hydrogen (secondary N) is 1. The summed E-state index contributed by atoms with van der Waals surface area (Å²) in [5.41, 5.74) is 5.58.